The second-order valence-corrected chi connectivity index (χ2v) is 7.42. The molecule has 0 aliphatic heterocycles. The fourth-order valence-electron chi connectivity index (χ4n) is 2.53. The largest absolute Gasteiger partial charge is 0.352 e. The third-order valence-electron chi connectivity index (χ3n) is 3.54. The maximum atomic E-state index is 12.0. The van der Waals surface area contributed by atoms with E-state index in [-0.39, 0.29) is 11.2 Å². The topological polar surface area (TPSA) is 54.9 Å². The van der Waals surface area contributed by atoms with Gasteiger partial charge in [-0.2, -0.15) is 0 Å². The van der Waals surface area contributed by atoms with E-state index in [9.17, 15) is 4.79 Å². The Morgan fingerprint density at radius 3 is 3.24 bits per heavy atom. The number of thiophene rings is 1. The highest BCUT2D eigenvalue weighted by Crippen LogP contribution is 2.40. The summed E-state index contributed by atoms with van der Waals surface area (Å²) in [5, 5.41) is 4.75. The number of thioether (sulfide) groups is 1. The summed E-state index contributed by atoms with van der Waals surface area (Å²) < 4.78 is 0. The first-order valence-corrected chi connectivity index (χ1v) is 8.71. The molecule has 2 aromatic heterocycles. The Morgan fingerprint density at radius 2 is 2.43 bits per heavy atom. The minimum atomic E-state index is -0.181. The molecule has 0 unspecified atom stereocenters. The van der Waals surface area contributed by atoms with E-state index < -0.39 is 0 Å². The highest BCUT2D eigenvalue weighted by molar-refractivity contribution is 8.00. The number of hydrogen-bond donors (Lipinski definition) is 1. The van der Waals surface area contributed by atoms with Gasteiger partial charge in [-0.3, -0.25) is 4.79 Å². The molecule has 21 heavy (non-hydrogen) atoms. The van der Waals surface area contributed by atoms with Crippen molar-refractivity contribution in [3.63, 3.8) is 0 Å². The zero-order chi connectivity index (χ0) is 14.8. The minimum Gasteiger partial charge on any atom is -0.352 e. The Labute approximate surface area is 132 Å². The summed E-state index contributed by atoms with van der Waals surface area (Å²) >= 11 is 3.28. The summed E-state index contributed by atoms with van der Waals surface area (Å²) in [6.45, 7) is 6.01. The number of nitrogens with zero attached hydrogens (tertiary/aromatic N) is 2. The van der Waals surface area contributed by atoms with Crippen molar-refractivity contribution < 1.29 is 4.79 Å². The Morgan fingerprint density at radius 1 is 1.57 bits per heavy atom. The number of amides is 1. The summed E-state index contributed by atoms with van der Waals surface area (Å²) in [4.78, 5) is 23.3. The summed E-state index contributed by atoms with van der Waals surface area (Å²) in [5.74, 6) is 0.0125. The van der Waals surface area contributed by atoms with Crippen molar-refractivity contribution in [2.24, 2.45) is 0 Å². The molecule has 1 aliphatic rings. The fourth-order valence-corrected chi connectivity index (χ4v) is 4.79. The first kappa shape index (κ1) is 14.5. The summed E-state index contributed by atoms with van der Waals surface area (Å²) in [7, 11) is 0. The molecule has 0 bridgehead atoms. The molecule has 0 saturated carbocycles. The first-order chi connectivity index (χ1) is 10.2. The molecule has 4 nitrogen and oxygen atoms in total. The van der Waals surface area contributed by atoms with Crippen molar-refractivity contribution >= 4 is 39.2 Å². The van der Waals surface area contributed by atoms with Gasteiger partial charge in [-0.25, -0.2) is 9.97 Å². The molecule has 6 heteroatoms. The average molecular weight is 319 g/mol. The quantitative estimate of drug-likeness (QED) is 0.523. The van der Waals surface area contributed by atoms with Crippen LogP contribution in [0, 0.1) is 0 Å². The third-order valence-corrected chi connectivity index (χ3v) is 5.85. The van der Waals surface area contributed by atoms with Gasteiger partial charge in [0.2, 0.25) is 5.91 Å². The third kappa shape index (κ3) is 2.82. The highest BCUT2D eigenvalue weighted by Gasteiger charge is 2.23. The molecule has 1 amide bonds. The van der Waals surface area contributed by atoms with Gasteiger partial charge in [0.25, 0.3) is 0 Å². The molecule has 1 N–H and O–H groups in total. The van der Waals surface area contributed by atoms with Gasteiger partial charge in [-0.05, 0) is 31.7 Å². The molecule has 0 spiro atoms. The number of carbonyl (C=O) groups is 1. The fraction of sp³-hybridized carbons (Fsp3) is 0.400. The lowest BCUT2D eigenvalue weighted by molar-refractivity contribution is -0.120. The van der Waals surface area contributed by atoms with E-state index in [4.69, 9.17) is 0 Å². The van der Waals surface area contributed by atoms with E-state index in [1.807, 2.05) is 6.92 Å². The van der Waals surface area contributed by atoms with Gasteiger partial charge < -0.3 is 5.32 Å². The van der Waals surface area contributed by atoms with Gasteiger partial charge in [0.1, 0.15) is 16.2 Å². The molecule has 0 saturated heterocycles. The highest BCUT2D eigenvalue weighted by atomic mass is 32.2. The van der Waals surface area contributed by atoms with E-state index in [1.54, 1.807) is 23.7 Å². The Kier molecular flexibility index (Phi) is 4.26. The van der Waals surface area contributed by atoms with Gasteiger partial charge in [0.05, 0.1) is 5.25 Å². The molecule has 0 radical (unpaired) electrons. The van der Waals surface area contributed by atoms with Crippen LogP contribution >= 0.6 is 23.1 Å². The normalized spacial score (nSPS) is 14.9. The molecular weight excluding hydrogens is 302 g/mol. The summed E-state index contributed by atoms with van der Waals surface area (Å²) in [6.07, 6.45) is 6.75. The second kappa shape index (κ2) is 6.15. The van der Waals surface area contributed by atoms with Gasteiger partial charge in [0.15, 0.2) is 0 Å². The number of carbonyl (C=O) groups excluding carboxylic acids is 1. The van der Waals surface area contributed by atoms with Crippen molar-refractivity contribution in [2.75, 3.05) is 6.54 Å². The predicted octanol–water partition coefficient (Wildman–Crippen LogP) is 2.96. The lowest BCUT2D eigenvalue weighted by atomic mass is 10.2. The van der Waals surface area contributed by atoms with Crippen LogP contribution in [-0.2, 0) is 17.6 Å². The van der Waals surface area contributed by atoms with Crippen LogP contribution in [0.15, 0.2) is 24.0 Å². The number of aryl methyl sites for hydroxylation is 2. The van der Waals surface area contributed by atoms with Crippen LogP contribution in [0.1, 0.15) is 23.8 Å². The molecule has 2 heterocycles. The van der Waals surface area contributed by atoms with Gasteiger partial charge >= 0.3 is 0 Å². The number of aromatic nitrogens is 2. The monoisotopic (exact) mass is 319 g/mol. The second-order valence-electron chi connectivity index (χ2n) is 5.01. The molecule has 1 atom stereocenters. The van der Waals surface area contributed by atoms with Crippen LogP contribution in [0.25, 0.3) is 10.2 Å². The number of fused-ring (bicyclic) bond motifs is 3. The lowest BCUT2D eigenvalue weighted by Gasteiger charge is -2.11. The van der Waals surface area contributed by atoms with Crippen LogP contribution in [-0.4, -0.2) is 27.7 Å². The minimum absolute atomic E-state index is 0.0125. The van der Waals surface area contributed by atoms with E-state index in [0.717, 1.165) is 22.7 Å². The van der Waals surface area contributed by atoms with Crippen molar-refractivity contribution in [3.05, 3.63) is 29.4 Å². The van der Waals surface area contributed by atoms with Crippen LogP contribution in [0.2, 0.25) is 0 Å². The van der Waals surface area contributed by atoms with Crippen molar-refractivity contribution in [1.82, 2.24) is 15.3 Å². The predicted molar refractivity (Wildman–Crippen MR) is 88.0 cm³/mol. The van der Waals surface area contributed by atoms with Crippen molar-refractivity contribution in [2.45, 2.75) is 36.5 Å². The van der Waals surface area contributed by atoms with E-state index in [0.29, 0.717) is 6.54 Å². The molecule has 110 valence electrons. The lowest BCUT2D eigenvalue weighted by Crippen LogP contribution is -2.30. The first-order valence-electron chi connectivity index (χ1n) is 7.01. The number of rotatable bonds is 5. The molecule has 3 rings (SSSR count). The maximum absolute atomic E-state index is 12.0. The Hall–Kier alpha value is -1.40. The van der Waals surface area contributed by atoms with Crippen molar-refractivity contribution in [3.8, 4) is 0 Å². The van der Waals surface area contributed by atoms with Crippen LogP contribution in [0.4, 0.5) is 0 Å². The molecular formula is C15H17N3OS2. The smallest absolute Gasteiger partial charge is 0.233 e. The number of hydrogen-bond acceptors (Lipinski definition) is 5. The van der Waals surface area contributed by atoms with Crippen molar-refractivity contribution in [1.29, 1.82) is 0 Å². The zero-order valence-corrected chi connectivity index (χ0v) is 13.5. The Bertz CT molecular complexity index is 696. The van der Waals surface area contributed by atoms with Gasteiger partial charge in [-0.15, -0.1) is 17.9 Å². The SMILES string of the molecule is C=CCNC(=O)[C@H](C)Sc1ncnc2sc3c(c12)CCC3. The van der Waals surface area contributed by atoms with E-state index >= 15 is 0 Å². The molecule has 1 aliphatic carbocycles. The average Bonchev–Trinajstić information content (AvgIpc) is 3.05. The van der Waals surface area contributed by atoms with Gasteiger partial charge in [0, 0.05) is 16.8 Å². The number of nitrogens with one attached hydrogen (secondary N) is 1. The van der Waals surface area contributed by atoms with Crippen LogP contribution < -0.4 is 5.32 Å². The summed E-state index contributed by atoms with van der Waals surface area (Å²) in [5.41, 5.74) is 1.40. The van der Waals surface area contributed by atoms with Crippen LogP contribution in [0.3, 0.4) is 0 Å². The standard InChI is InChI=1S/C15H17N3OS2/c1-3-7-16-13(19)9(2)20-14-12-10-5-4-6-11(10)21-15(12)18-8-17-14/h3,8-9H,1,4-7H2,2H3,(H,16,19)/t9-/m0/s1. The molecule has 2 aromatic rings. The van der Waals surface area contributed by atoms with E-state index in [1.165, 1.54) is 34.0 Å². The van der Waals surface area contributed by atoms with E-state index in [2.05, 4.69) is 21.9 Å². The molecule has 0 aromatic carbocycles. The Balaban J connectivity index is 1.87. The molecule has 0 fully saturated rings. The van der Waals surface area contributed by atoms with Crippen LogP contribution in [0.5, 0.6) is 0 Å². The summed E-state index contributed by atoms with van der Waals surface area (Å²) in [6, 6.07) is 0. The zero-order valence-electron chi connectivity index (χ0n) is 11.9. The maximum Gasteiger partial charge on any atom is 0.233 e. The van der Waals surface area contributed by atoms with Gasteiger partial charge in [-0.1, -0.05) is 17.8 Å².